The zero-order valence-electron chi connectivity index (χ0n) is 13.5. The molecule has 25 heavy (non-hydrogen) atoms. The van der Waals surface area contributed by atoms with Gasteiger partial charge in [0.2, 0.25) is 10.0 Å². The van der Waals surface area contributed by atoms with E-state index in [1.807, 2.05) is 30.3 Å². The summed E-state index contributed by atoms with van der Waals surface area (Å²) in [5.41, 5.74) is 1.92. The van der Waals surface area contributed by atoms with Gasteiger partial charge in [0.25, 0.3) is 0 Å². The van der Waals surface area contributed by atoms with Gasteiger partial charge in [0.1, 0.15) is 0 Å². The number of carbonyl (C=O) groups is 1. The molecular formula is C18H19NO5S. The van der Waals surface area contributed by atoms with Gasteiger partial charge in [-0.15, -0.1) is 0 Å². The van der Waals surface area contributed by atoms with E-state index in [-0.39, 0.29) is 31.1 Å². The van der Waals surface area contributed by atoms with Crippen molar-refractivity contribution in [1.82, 2.24) is 4.31 Å². The van der Waals surface area contributed by atoms with Crippen molar-refractivity contribution in [1.29, 1.82) is 0 Å². The van der Waals surface area contributed by atoms with Crippen LogP contribution in [0.25, 0.3) is 11.1 Å². The zero-order chi connectivity index (χ0) is 17.9. The second kappa shape index (κ2) is 7.35. The normalized spacial score (nSPS) is 18.8. The molecule has 0 radical (unpaired) electrons. The minimum atomic E-state index is -3.77. The lowest BCUT2D eigenvalue weighted by atomic mass is 10.1. The molecular weight excluding hydrogens is 342 g/mol. The van der Waals surface area contributed by atoms with Crippen molar-refractivity contribution >= 4 is 16.0 Å². The first-order valence-corrected chi connectivity index (χ1v) is 9.39. The van der Waals surface area contributed by atoms with E-state index in [9.17, 15) is 13.2 Å². The van der Waals surface area contributed by atoms with E-state index in [1.54, 1.807) is 24.3 Å². The van der Waals surface area contributed by atoms with Crippen LogP contribution in [0.3, 0.4) is 0 Å². The fraction of sp³-hybridized carbons (Fsp3) is 0.278. The Morgan fingerprint density at radius 1 is 1.08 bits per heavy atom. The largest absolute Gasteiger partial charge is 0.481 e. The van der Waals surface area contributed by atoms with Gasteiger partial charge >= 0.3 is 5.97 Å². The lowest BCUT2D eigenvalue weighted by molar-refractivity contribution is -0.139. The molecule has 1 aliphatic heterocycles. The number of aliphatic carboxylic acids is 1. The molecule has 3 rings (SSSR count). The second-order valence-electron chi connectivity index (χ2n) is 5.83. The standard InChI is InChI=1S/C18H19NO5S/c20-18(21)12-16-13-24-11-10-19(16)25(22,23)17-8-6-15(7-9-17)14-4-2-1-3-5-14/h1-9,16H,10-13H2,(H,20,21)/t16-/m1/s1. The van der Waals surface area contributed by atoms with Crippen molar-refractivity contribution in [3.05, 3.63) is 54.6 Å². The number of nitrogens with zero attached hydrogens (tertiary/aromatic N) is 1. The SMILES string of the molecule is O=C(O)C[C@@H]1COCCN1S(=O)(=O)c1ccc(-c2ccccc2)cc1. The van der Waals surface area contributed by atoms with E-state index in [1.165, 1.54) is 4.31 Å². The average Bonchev–Trinajstić information content (AvgIpc) is 2.62. The van der Waals surface area contributed by atoms with E-state index in [0.717, 1.165) is 11.1 Å². The molecule has 1 atom stereocenters. The Morgan fingerprint density at radius 3 is 2.36 bits per heavy atom. The fourth-order valence-corrected chi connectivity index (χ4v) is 4.50. The van der Waals surface area contributed by atoms with E-state index in [2.05, 4.69) is 0 Å². The zero-order valence-corrected chi connectivity index (χ0v) is 14.4. The fourth-order valence-electron chi connectivity index (χ4n) is 2.90. The van der Waals surface area contributed by atoms with Gasteiger partial charge in [0.05, 0.1) is 30.6 Å². The Bertz CT molecular complexity index is 834. The monoisotopic (exact) mass is 361 g/mol. The maximum Gasteiger partial charge on any atom is 0.305 e. The number of morpholine rings is 1. The number of hydrogen-bond donors (Lipinski definition) is 1. The number of ether oxygens (including phenoxy) is 1. The number of sulfonamides is 1. The van der Waals surface area contributed by atoms with Crippen LogP contribution in [-0.2, 0) is 19.6 Å². The molecule has 6 nitrogen and oxygen atoms in total. The van der Waals surface area contributed by atoms with Gasteiger partial charge < -0.3 is 9.84 Å². The van der Waals surface area contributed by atoms with Crippen LogP contribution in [0.2, 0.25) is 0 Å². The van der Waals surface area contributed by atoms with Crippen LogP contribution in [0.1, 0.15) is 6.42 Å². The Hall–Kier alpha value is -2.22. The van der Waals surface area contributed by atoms with Gasteiger partial charge in [-0.1, -0.05) is 42.5 Å². The Kier molecular flexibility index (Phi) is 5.17. The number of benzene rings is 2. The van der Waals surface area contributed by atoms with Crippen LogP contribution in [0.15, 0.2) is 59.5 Å². The highest BCUT2D eigenvalue weighted by Gasteiger charge is 2.35. The molecule has 1 saturated heterocycles. The van der Waals surface area contributed by atoms with Gasteiger partial charge in [-0.05, 0) is 23.3 Å². The summed E-state index contributed by atoms with van der Waals surface area (Å²) in [6.07, 6.45) is -0.276. The van der Waals surface area contributed by atoms with Gasteiger partial charge in [-0.2, -0.15) is 4.31 Å². The van der Waals surface area contributed by atoms with Crippen LogP contribution in [0.5, 0.6) is 0 Å². The molecule has 1 N–H and O–H groups in total. The van der Waals surface area contributed by atoms with E-state index in [0.29, 0.717) is 0 Å². The smallest absolute Gasteiger partial charge is 0.305 e. The van der Waals surface area contributed by atoms with Crippen molar-refractivity contribution in [2.75, 3.05) is 19.8 Å². The Labute approximate surface area is 146 Å². The van der Waals surface area contributed by atoms with Crippen LogP contribution >= 0.6 is 0 Å². The number of carboxylic acid groups (broad SMARTS) is 1. The molecule has 1 aliphatic rings. The molecule has 0 bridgehead atoms. The number of carboxylic acids is 1. The minimum Gasteiger partial charge on any atom is -0.481 e. The molecule has 0 saturated carbocycles. The van der Waals surface area contributed by atoms with Crippen LogP contribution in [0, 0.1) is 0 Å². The first kappa shape index (κ1) is 17.6. The van der Waals surface area contributed by atoms with E-state index >= 15 is 0 Å². The van der Waals surface area contributed by atoms with Gasteiger partial charge in [0, 0.05) is 6.54 Å². The molecule has 1 heterocycles. The third kappa shape index (κ3) is 3.89. The maximum absolute atomic E-state index is 12.9. The molecule has 2 aromatic rings. The summed E-state index contributed by atoms with van der Waals surface area (Å²) in [5, 5.41) is 9.01. The summed E-state index contributed by atoms with van der Waals surface area (Å²) in [7, 11) is -3.77. The lowest BCUT2D eigenvalue weighted by Crippen LogP contribution is -2.49. The summed E-state index contributed by atoms with van der Waals surface area (Å²) < 4.78 is 32.3. The lowest BCUT2D eigenvalue weighted by Gasteiger charge is -2.33. The number of rotatable bonds is 5. The number of hydrogen-bond acceptors (Lipinski definition) is 4. The van der Waals surface area contributed by atoms with Crippen molar-refractivity contribution < 1.29 is 23.1 Å². The molecule has 0 aromatic heterocycles. The van der Waals surface area contributed by atoms with Gasteiger partial charge in [0.15, 0.2) is 0 Å². The van der Waals surface area contributed by atoms with Gasteiger partial charge in [-0.25, -0.2) is 8.42 Å². The molecule has 1 fully saturated rings. The van der Waals surface area contributed by atoms with E-state index in [4.69, 9.17) is 9.84 Å². The average molecular weight is 361 g/mol. The third-order valence-electron chi connectivity index (χ3n) is 4.15. The summed E-state index contributed by atoms with van der Waals surface area (Å²) in [4.78, 5) is 11.2. The summed E-state index contributed by atoms with van der Waals surface area (Å²) in [6, 6.07) is 15.6. The van der Waals surface area contributed by atoms with Gasteiger partial charge in [-0.3, -0.25) is 4.79 Å². The first-order chi connectivity index (χ1) is 12.0. The van der Waals surface area contributed by atoms with E-state index < -0.39 is 22.0 Å². The summed E-state index contributed by atoms with van der Waals surface area (Å²) >= 11 is 0. The third-order valence-corrected chi connectivity index (χ3v) is 6.12. The molecule has 0 spiro atoms. The highest BCUT2D eigenvalue weighted by molar-refractivity contribution is 7.89. The molecule has 7 heteroatoms. The second-order valence-corrected chi connectivity index (χ2v) is 7.72. The molecule has 2 aromatic carbocycles. The minimum absolute atomic E-state index is 0.0909. The topological polar surface area (TPSA) is 83.9 Å². The molecule has 0 amide bonds. The first-order valence-electron chi connectivity index (χ1n) is 7.95. The summed E-state index contributed by atoms with van der Waals surface area (Å²) in [6.45, 7) is 0.506. The summed E-state index contributed by atoms with van der Waals surface area (Å²) in [5.74, 6) is -1.05. The molecule has 0 aliphatic carbocycles. The Morgan fingerprint density at radius 2 is 1.72 bits per heavy atom. The van der Waals surface area contributed by atoms with Crippen LogP contribution < -0.4 is 0 Å². The predicted molar refractivity (Wildman–Crippen MR) is 92.6 cm³/mol. The maximum atomic E-state index is 12.9. The van der Waals surface area contributed by atoms with Crippen LogP contribution in [0.4, 0.5) is 0 Å². The van der Waals surface area contributed by atoms with Crippen LogP contribution in [-0.4, -0.2) is 49.6 Å². The highest BCUT2D eigenvalue weighted by atomic mass is 32.2. The highest BCUT2D eigenvalue weighted by Crippen LogP contribution is 2.25. The molecule has 0 unspecified atom stereocenters. The Balaban J connectivity index is 1.87. The molecule has 132 valence electrons. The van der Waals surface area contributed by atoms with Crippen molar-refractivity contribution in [2.24, 2.45) is 0 Å². The van der Waals surface area contributed by atoms with Crippen molar-refractivity contribution in [2.45, 2.75) is 17.4 Å². The van der Waals surface area contributed by atoms with Crippen molar-refractivity contribution in [3.8, 4) is 11.1 Å². The predicted octanol–water partition coefficient (Wildman–Crippen LogP) is 2.22. The quantitative estimate of drug-likeness (QED) is 0.883. The van der Waals surface area contributed by atoms with Crippen molar-refractivity contribution in [3.63, 3.8) is 0 Å².